The molecule has 2 heterocycles. The van der Waals surface area contributed by atoms with E-state index in [4.69, 9.17) is 4.42 Å². The first-order valence-corrected chi connectivity index (χ1v) is 9.24. The van der Waals surface area contributed by atoms with Crippen LogP contribution >= 0.6 is 0 Å². The number of nitrogens with zero attached hydrogens (tertiary/aromatic N) is 2. The molecule has 4 rings (SSSR count). The van der Waals surface area contributed by atoms with E-state index < -0.39 is 0 Å². The van der Waals surface area contributed by atoms with Crippen molar-refractivity contribution in [2.24, 2.45) is 5.92 Å². The number of carbonyl (C=O) groups excluding carboxylic acids is 2. The molecule has 0 bridgehead atoms. The second kappa shape index (κ2) is 6.94. The highest BCUT2D eigenvalue weighted by molar-refractivity contribution is 5.94. The minimum Gasteiger partial charge on any atom is -0.441 e. The maximum absolute atomic E-state index is 12.9. The molecule has 1 saturated heterocycles. The van der Waals surface area contributed by atoms with E-state index in [0.717, 1.165) is 31.2 Å². The number of piperidine rings is 1. The molecule has 1 aromatic heterocycles. The first kappa shape index (κ1) is 16.8. The van der Waals surface area contributed by atoms with Gasteiger partial charge in [0.05, 0.1) is 5.92 Å². The molecule has 1 aromatic carbocycles. The van der Waals surface area contributed by atoms with Crippen molar-refractivity contribution in [3.05, 3.63) is 41.8 Å². The SMILES string of the molecule is Cc1oc(-c2ccccc2)nc1C(=O)N1CCC[C@H](C(=O)NC2CC2)C1. The zero-order chi connectivity index (χ0) is 18.1. The van der Waals surface area contributed by atoms with Crippen LogP contribution in [0.5, 0.6) is 0 Å². The van der Waals surface area contributed by atoms with E-state index in [1.807, 2.05) is 30.3 Å². The molecule has 1 aliphatic heterocycles. The van der Waals surface area contributed by atoms with Crippen LogP contribution in [-0.4, -0.2) is 40.8 Å². The van der Waals surface area contributed by atoms with Gasteiger partial charge in [-0.1, -0.05) is 18.2 Å². The summed E-state index contributed by atoms with van der Waals surface area (Å²) in [4.78, 5) is 31.4. The molecular formula is C20H23N3O3. The Kier molecular flexibility index (Phi) is 4.49. The van der Waals surface area contributed by atoms with Crippen molar-refractivity contribution in [2.75, 3.05) is 13.1 Å². The van der Waals surface area contributed by atoms with Gasteiger partial charge in [-0.25, -0.2) is 4.98 Å². The Balaban J connectivity index is 1.48. The number of rotatable bonds is 4. The predicted molar refractivity (Wildman–Crippen MR) is 96.5 cm³/mol. The summed E-state index contributed by atoms with van der Waals surface area (Å²) in [5, 5.41) is 3.05. The minimum absolute atomic E-state index is 0.0758. The Hall–Kier alpha value is -2.63. The van der Waals surface area contributed by atoms with E-state index in [1.54, 1.807) is 11.8 Å². The van der Waals surface area contributed by atoms with Gasteiger partial charge in [-0.2, -0.15) is 0 Å². The fourth-order valence-corrected chi connectivity index (χ4v) is 3.37. The highest BCUT2D eigenvalue weighted by atomic mass is 16.4. The van der Waals surface area contributed by atoms with E-state index in [0.29, 0.717) is 36.5 Å². The monoisotopic (exact) mass is 353 g/mol. The molecule has 1 atom stereocenters. The first-order valence-electron chi connectivity index (χ1n) is 9.24. The van der Waals surface area contributed by atoms with Crippen LogP contribution < -0.4 is 5.32 Å². The summed E-state index contributed by atoms with van der Waals surface area (Å²) < 4.78 is 5.71. The largest absolute Gasteiger partial charge is 0.441 e. The summed E-state index contributed by atoms with van der Waals surface area (Å²) in [5.41, 5.74) is 1.18. The summed E-state index contributed by atoms with van der Waals surface area (Å²) >= 11 is 0. The van der Waals surface area contributed by atoms with Crippen LogP contribution in [0.4, 0.5) is 0 Å². The lowest BCUT2D eigenvalue weighted by Gasteiger charge is -2.31. The third-order valence-corrected chi connectivity index (χ3v) is 5.02. The van der Waals surface area contributed by atoms with E-state index in [9.17, 15) is 9.59 Å². The molecule has 136 valence electrons. The van der Waals surface area contributed by atoms with Gasteiger partial charge in [-0.15, -0.1) is 0 Å². The van der Waals surface area contributed by atoms with Gasteiger partial charge in [0.15, 0.2) is 5.69 Å². The Morgan fingerprint density at radius 1 is 1.19 bits per heavy atom. The Bertz CT molecular complexity index is 811. The van der Waals surface area contributed by atoms with Crippen molar-refractivity contribution in [3.8, 4) is 11.5 Å². The number of likely N-dealkylation sites (tertiary alicyclic amines) is 1. The van der Waals surface area contributed by atoms with Crippen molar-refractivity contribution >= 4 is 11.8 Å². The highest BCUT2D eigenvalue weighted by Gasteiger charge is 2.33. The molecule has 2 amide bonds. The normalized spacial score (nSPS) is 20.0. The molecule has 0 radical (unpaired) electrons. The van der Waals surface area contributed by atoms with Crippen LogP contribution in [0.25, 0.3) is 11.5 Å². The number of amides is 2. The molecule has 2 aliphatic rings. The maximum Gasteiger partial charge on any atom is 0.276 e. The highest BCUT2D eigenvalue weighted by Crippen LogP contribution is 2.25. The summed E-state index contributed by atoms with van der Waals surface area (Å²) in [6.07, 6.45) is 3.80. The molecule has 0 unspecified atom stereocenters. The number of nitrogens with one attached hydrogen (secondary N) is 1. The van der Waals surface area contributed by atoms with E-state index in [1.165, 1.54) is 0 Å². The van der Waals surface area contributed by atoms with Crippen LogP contribution in [0.15, 0.2) is 34.7 Å². The summed E-state index contributed by atoms with van der Waals surface area (Å²) in [6.45, 7) is 2.86. The number of aryl methyl sites for hydroxylation is 1. The van der Waals surface area contributed by atoms with E-state index in [-0.39, 0.29) is 17.7 Å². The summed E-state index contributed by atoms with van der Waals surface area (Å²) in [7, 11) is 0. The average Bonchev–Trinajstić information content (AvgIpc) is 3.40. The van der Waals surface area contributed by atoms with Gasteiger partial charge in [0, 0.05) is 24.7 Å². The topological polar surface area (TPSA) is 75.4 Å². The van der Waals surface area contributed by atoms with Gasteiger partial charge < -0.3 is 14.6 Å². The van der Waals surface area contributed by atoms with Crippen LogP contribution in [0.3, 0.4) is 0 Å². The molecule has 1 saturated carbocycles. The lowest BCUT2D eigenvalue weighted by Crippen LogP contribution is -2.46. The number of oxazole rings is 1. The van der Waals surface area contributed by atoms with E-state index in [2.05, 4.69) is 10.3 Å². The quantitative estimate of drug-likeness (QED) is 0.917. The van der Waals surface area contributed by atoms with Crippen molar-refractivity contribution < 1.29 is 14.0 Å². The van der Waals surface area contributed by atoms with Crippen LogP contribution in [0, 0.1) is 12.8 Å². The van der Waals surface area contributed by atoms with Gasteiger partial charge >= 0.3 is 0 Å². The molecule has 2 aromatic rings. The van der Waals surface area contributed by atoms with Gasteiger partial charge in [0.2, 0.25) is 11.8 Å². The third kappa shape index (κ3) is 3.49. The van der Waals surface area contributed by atoms with Crippen molar-refractivity contribution in [1.29, 1.82) is 0 Å². The van der Waals surface area contributed by atoms with E-state index >= 15 is 0 Å². The summed E-state index contributed by atoms with van der Waals surface area (Å²) in [5.74, 6) is 0.753. The fourth-order valence-electron chi connectivity index (χ4n) is 3.37. The molecule has 0 spiro atoms. The van der Waals surface area contributed by atoms with Crippen LogP contribution in [0.1, 0.15) is 41.9 Å². The maximum atomic E-state index is 12.9. The number of hydrogen-bond acceptors (Lipinski definition) is 4. The summed E-state index contributed by atoms with van der Waals surface area (Å²) in [6, 6.07) is 9.89. The smallest absolute Gasteiger partial charge is 0.276 e. The standard InChI is InChI=1S/C20H23N3O3/c1-13-17(22-19(26-13)14-6-3-2-4-7-14)20(25)23-11-5-8-15(12-23)18(24)21-16-9-10-16/h2-4,6-7,15-16H,5,8-12H2,1H3,(H,21,24)/t15-/m0/s1. The Labute approximate surface area is 152 Å². The van der Waals surface area contributed by atoms with Gasteiger partial charge in [-0.05, 0) is 44.7 Å². The molecule has 1 aliphatic carbocycles. The Morgan fingerprint density at radius 2 is 1.96 bits per heavy atom. The lowest BCUT2D eigenvalue weighted by molar-refractivity contribution is -0.126. The first-order chi connectivity index (χ1) is 12.6. The molecule has 6 heteroatoms. The molecule has 6 nitrogen and oxygen atoms in total. The molecular weight excluding hydrogens is 330 g/mol. The molecule has 26 heavy (non-hydrogen) atoms. The van der Waals surface area contributed by atoms with Gasteiger partial charge in [0.25, 0.3) is 5.91 Å². The van der Waals surface area contributed by atoms with Gasteiger partial charge in [0.1, 0.15) is 5.76 Å². The second-order valence-electron chi connectivity index (χ2n) is 7.16. The van der Waals surface area contributed by atoms with Crippen LogP contribution in [-0.2, 0) is 4.79 Å². The van der Waals surface area contributed by atoms with Crippen molar-refractivity contribution in [1.82, 2.24) is 15.2 Å². The van der Waals surface area contributed by atoms with Gasteiger partial charge in [-0.3, -0.25) is 9.59 Å². The van der Waals surface area contributed by atoms with Crippen molar-refractivity contribution in [3.63, 3.8) is 0 Å². The average molecular weight is 353 g/mol. The number of aromatic nitrogens is 1. The third-order valence-electron chi connectivity index (χ3n) is 5.02. The number of benzene rings is 1. The molecule has 1 N–H and O–H groups in total. The van der Waals surface area contributed by atoms with Crippen LogP contribution in [0.2, 0.25) is 0 Å². The second-order valence-corrected chi connectivity index (χ2v) is 7.16. The zero-order valence-corrected chi connectivity index (χ0v) is 14.9. The lowest BCUT2D eigenvalue weighted by atomic mass is 9.96. The van der Waals surface area contributed by atoms with Crippen molar-refractivity contribution in [2.45, 2.75) is 38.6 Å². The minimum atomic E-state index is -0.155. The number of carbonyl (C=O) groups is 2. The molecule has 2 fully saturated rings. The fraction of sp³-hybridized carbons (Fsp3) is 0.450. The predicted octanol–water partition coefficient (Wildman–Crippen LogP) is 2.78. The number of hydrogen-bond donors (Lipinski definition) is 1. The Morgan fingerprint density at radius 3 is 2.69 bits per heavy atom. The zero-order valence-electron chi connectivity index (χ0n) is 14.9.